The van der Waals surface area contributed by atoms with E-state index in [1.54, 1.807) is 0 Å². The Hall–Kier alpha value is -3.77. The van der Waals surface area contributed by atoms with Crippen molar-refractivity contribution in [3.63, 3.8) is 0 Å². The Kier molecular flexibility index (Phi) is 7.10. The summed E-state index contributed by atoms with van der Waals surface area (Å²) in [6.07, 6.45) is -5.16. The fourth-order valence-corrected chi connectivity index (χ4v) is 2.44. The minimum absolute atomic E-state index is 0.258. The predicted octanol–water partition coefficient (Wildman–Crippen LogP) is 4.12. The lowest BCUT2D eigenvalue weighted by Crippen LogP contribution is -2.18. The molecule has 0 aliphatic rings. The Morgan fingerprint density at radius 1 is 1.10 bits per heavy atom. The van der Waals surface area contributed by atoms with Crippen LogP contribution in [0.2, 0.25) is 0 Å². The van der Waals surface area contributed by atoms with Crippen molar-refractivity contribution in [3.8, 4) is 0 Å². The Labute approximate surface area is 171 Å². The van der Waals surface area contributed by atoms with E-state index >= 15 is 0 Å². The highest BCUT2D eigenvalue weighted by atomic mass is 19.4. The van der Waals surface area contributed by atoms with Gasteiger partial charge in [-0.05, 0) is 18.2 Å². The Morgan fingerprint density at radius 3 is 2.35 bits per heavy atom. The molecule has 0 heterocycles. The highest BCUT2D eigenvalue weighted by Crippen LogP contribution is 2.35. The molecule has 0 bridgehead atoms. The van der Waals surface area contributed by atoms with Crippen LogP contribution >= 0.6 is 0 Å². The lowest BCUT2D eigenvalue weighted by molar-refractivity contribution is -0.384. The van der Waals surface area contributed by atoms with E-state index < -0.39 is 57.1 Å². The first-order valence-corrected chi connectivity index (χ1v) is 8.40. The lowest BCUT2D eigenvalue weighted by atomic mass is 10.1. The molecule has 13 heteroatoms. The highest BCUT2D eigenvalue weighted by Gasteiger charge is 2.33. The van der Waals surface area contributed by atoms with Crippen molar-refractivity contribution in [1.29, 1.82) is 0 Å². The zero-order valence-corrected chi connectivity index (χ0v) is 15.7. The zero-order chi connectivity index (χ0) is 23.3. The van der Waals surface area contributed by atoms with Gasteiger partial charge in [0.25, 0.3) is 5.69 Å². The molecular formula is C18H14F5N3O5. The number of nitrogens with zero attached hydrogens (tertiary/aromatic N) is 1. The molecule has 0 aromatic heterocycles. The molecule has 2 N–H and O–H groups in total. The number of methoxy groups -OCH3 is 1. The van der Waals surface area contributed by atoms with Crippen molar-refractivity contribution in [3.05, 3.63) is 63.2 Å². The Bertz CT molecular complexity index is 1030. The molecule has 0 saturated carbocycles. The van der Waals surface area contributed by atoms with E-state index in [0.29, 0.717) is 18.2 Å². The van der Waals surface area contributed by atoms with Crippen molar-refractivity contribution in [2.75, 3.05) is 24.3 Å². The second-order valence-electron chi connectivity index (χ2n) is 6.02. The van der Waals surface area contributed by atoms with Crippen LogP contribution in [0.3, 0.4) is 0 Å². The number of hydrogen-bond acceptors (Lipinski definition) is 6. The third kappa shape index (κ3) is 5.87. The molecule has 0 atom stereocenters. The molecular weight excluding hydrogens is 433 g/mol. The van der Waals surface area contributed by atoms with Crippen LogP contribution in [-0.4, -0.2) is 30.5 Å². The third-order valence-electron chi connectivity index (χ3n) is 3.93. The smallest absolute Gasteiger partial charge is 0.416 e. The molecule has 0 aliphatic heterocycles. The van der Waals surface area contributed by atoms with Gasteiger partial charge in [0.05, 0.1) is 28.8 Å². The molecule has 1 amide bonds. The number of anilines is 2. The molecule has 0 saturated heterocycles. The summed E-state index contributed by atoms with van der Waals surface area (Å²) >= 11 is 0. The summed E-state index contributed by atoms with van der Waals surface area (Å²) < 4.78 is 69.9. The summed E-state index contributed by atoms with van der Waals surface area (Å²) in [5.74, 6) is -4.27. The van der Waals surface area contributed by atoms with Gasteiger partial charge in [0.1, 0.15) is 17.3 Å². The Balaban J connectivity index is 2.06. The SMILES string of the molecule is COC(=O)c1cc(NC(=O)CCNc2ccc(C(F)(F)F)cc2[N+](=O)[O-])c(F)cc1F. The van der Waals surface area contributed by atoms with Crippen LogP contribution in [0.1, 0.15) is 22.3 Å². The minimum Gasteiger partial charge on any atom is -0.465 e. The van der Waals surface area contributed by atoms with Crippen molar-refractivity contribution in [2.24, 2.45) is 0 Å². The van der Waals surface area contributed by atoms with E-state index in [9.17, 15) is 41.7 Å². The van der Waals surface area contributed by atoms with Crippen molar-refractivity contribution in [2.45, 2.75) is 12.6 Å². The minimum atomic E-state index is -4.77. The van der Waals surface area contributed by atoms with Crippen LogP contribution in [0.15, 0.2) is 30.3 Å². The first kappa shape index (κ1) is 23.5. The number of hydrogen-bond donors (Lipinski definition) is 2. The fraction of sp³-hybridized carbons (Fsp3) is 0.222. The number of amides is 1. The quantitative estimate of drug-likeness (QED) is 0.286. The van der Waals surface area contributed by atoms with Gasteiger partial charge in [0.2, 0.25) is 5.91 Å². The molecule has 8 nitrogen and oxygen atoms in total. The van der Waals surface area contributed by atoms with Gasteiger partial charge >= 0.3 is 12.1 Å². The van der Waals surface area contributed by atoms with Crippen molar-refractivity contribution < 1.29 is 41.2 Å². The first-order chi connectivity index (χ1) is 14.4. The average Bonchev–Trinajstić information content (AvgIpc) is 2.68. The number of nitro groups is 1. The summed E-state index contributed by atoms with van der Waals surface area (Å²) in [4.78, 5) is 33.4. The van der Waals surface area contributed by atoms with E-state index in [0.717, 1.165) is 19.2 Å². The van der Waals surface area contributed by atoms with E-state index in [1.807, 2.05) is 0 Å². The molecule has 2 rings (SSSR count). The monoisotopic (exact) mass is 447 g/mol. The predicted molar refractivity (Wildman–Crippen MR) is 97.5 cm³/mol. The van der Waals surface area contributed by atoms with Crippen LogP contribution in [-0.2, 0) is 15.7 Å². The number of alkyl halides is 3. The lowest BCUT2D eigenvalue weighted by Gasteiger charge is -2.11. The number of benzene rings is 2. The van der Waals surface area contributed by atoms with Crippen LogP contribution < -0.4 is 10.6 Å². The molecule has 2 aromatic carbocycles. The van der Waals surface area contributed by atoms with Gasteiger partial charge in [-0.25, -0.2) is 13.6 Å². The molecule has 0 unspecified atom stereocenters. The Morgan fingerprint density at radius 2 is 1.77 bits per heavy atom. The molecule has 0 fully saturated rings. The number of carbonyl (C=O) groups excluding carboxylic acids is 2. The van der Waals surface area contributed by atoms with E-state index in [4.69, 9.17) is 0 Å². The van der Waals surface area contributed by atoms with Crippen molar-refractivity contribution >= 4 is 28.9 Å². The van der Waals surface area contributed by atoms with Gasteiger partial charge in [0.15, 0.2) is 0 Å². The molecule has 0 aliphatic carbocycles. The van der Waals surface area contributed by atoms with Gasteiger partial charge in [-0.1, -0.05) is 0 Å². The second kappa shape index (κ2) is 9.36. The normalized spacial score (nSPS) is 11.0. The second-order valence-corrected chi connectivity index (χ2v) is 6.02. The van der Waals surface area contributed by atoms with Gasteiger partial charge in [-0.2, -0.15) is 13.2 Å². The number of rotatable bonds is 7. The maximum Gasteiger partial charge on any atom is 0.416 e. The summed E-state index contributed by atoms with van der Waals surface area (Å²) in [6, 6.07) is 2.96. The number of halogens is 5. The number of carbonyl (C=O) groups is 2. The number of nitro benzene ring substituents is 1. The summed E-state index contributed by atoms with van der Waals surface area (Å²) in [5.41, 5.74) is -3.44. The fourth-order valence-electron chi connectivity index (χ4n) is 2.44. The summed E-state index contributed by atoms with van der Waals surface area (Å²) in [5, 5.41) is 15.6. The summed E-state index contributed by atoms with van der Waals surface area (Å²) in [7, 11) is 0.982. The number of nitrogens with one attached hydrogen (secondary N) is 2. The van der Waals surface area contributed by atoms with Gasteiger partial charge in [-0.3, -0.25) is 14.9 Å². The molecule has 31 heavy (non-hydrogen) atoms. The molecule has 0 radical (unpaired) electrons. The van der Waals surface area contributed by atoms with Gasteiger partial charge < -0.3 is 15.4 Å². The van der Waals surface area contributed by atoms with E-state index in [2.05, 4.69) is 15.4 Å². The molecule has 166 valence electrons. The van der Waals surface area contributed by atoms with Crippen LogP contribution in [0.25, 0.3) is 0 Å². The van der Waals surface area contributed by atoms with Crippen molar-refractivity contribution in [1.82, 2.24) is 0 Å². The number of esters is 1. The largest absolute Gasteiger partial charge is 0.465 e. The van der Waals surface area contributed by atoms with Gasteiger partial charge in [0, 0.05) is 25.1 Å². The average molecular weight is 447 g/mol. The van der Waals surface area contributed by atoms with E-state index in [1.165, 1.54) is 0 Å². The van der Waals surface area contributed by atoms with Crippen LogP contribution in [0.5, 0.6) is 0 Å². The van der Waals surface area contributed by atoms with E-state index in [-0.39, 0.29) is 18.7 Å². The third-order valence-corrected chi connectivity index (χ3v) is 3.93. The topological polar surface area (TPSA) is 111 Å². The zero-order valence-electron chi connectivity index (χ0n) is 15.7. The van der Waals surface area contributed by atoms with Crippen LogP contribution in [0, 0.1) is 21.7 Å². The maximum absolute atomic E-state index is 13.8. The highest BCUT2D eigenvalue weighted by molar-refractivity contribution is 5.95. The molecule has 0 spiro atoms. The summed E-state index contributed by atoms with van der Waals surface area (Å²) in [6.45, 7) is -0.259. The van der Waals surface area contributed by atoms with Gasteiger partial charge in [-0.15, -0.1) is 0 Å². The maximum atomic E-state index is 13.8. The number of ether oxygens (including phenoxy) is 1. The molecule has 2 aromatic rings. The standard InChI is InChI=1S/C18H14F5N3O5/c1-31-17(28)10-7-14(12(20)8-11(10)19)25-16(27)4-5-24-13-3-2-9(18(21,22)23)6-15(13)26(29)30/h2-3,6-8,24H,4-5H2,1H3,(H,25,27). The first-order valence-electron chi connectivity index (χ1n) is 8.40. The van der Waals surface area contributed by atoms with Crippen LogP contribution in [0.4, 0.5) is 39.0 Å².